The number of carboxylic acids is 1. The number of carboxylic acid groups (broad SMARTS) is 1. The third-order valence-electron chi connectivity index (χ3n) is 2.41. The summed E-state index contributed by atoms with van der Waals surface area (Å²) in [5, 5.41) is 14.2. The van der Waals surface area contributed by atoms with E-state index in [2.05, 4.69) is 10.2 Å². The molecule has 1 aliphatic rings. The standard InChI is InChI=1S/C8H11N3O5S/c1-4(7(12)13)17(14,15)11-8-10-9-6(16-8)5-2-3-5/h4-5H,2-3H2,1H3,(H,10,11)(H,12,13). The van der Waals surface area contributed by atoms with Crippen molar-refractivity contribution in [2.24, 2.45) is 0 Å². The molecule has 2 N–H and O–H groups in total. The minimum atomic E-state index is -4.05. The Hall–Kier alpha value is -1.64. The van der Waals surface area contributed by atoms with Gasteiger partial charge in [-0.1, -0.05) is 5.10 Å². The zero-order chi connectivity index (χ0) is 12.6. The third kappa shape index (κ3) is 2.54. The van der Waals surface area contributed by atoms with Crippen molar-refractivity contribution in [2.75, 3.05) is 4.72 Å². The summed E-state index contributed by atoms with van der Waals surface area (Å²) < 4.78 is 30.1. The van der Waals surface area contributed by atoms with Crippen molar-refractivity contribution in [2.45, 2.75) is 30.9 Å². The lowest BCUT2D eigenvalue weighted by Crippen LogP contribution is -2.32. The van der Waals surface area contributed by atoms with E-state index < -0.39 is 21.2 Å². The fourth-order valence-corrected chi connectivity index (χ4v) is 1.88. The Kier molecular flexibility index (Phi) is 2.77. The van der Waals surface area contributed by atoms with Crippen molar-refractivity contribution in [1.29, 1.82) is 0 Å². The maximum atomic E-state index is 11.5. The van der Waals surface area contributed by atoms with Gasteiger partial charge in [0.1, 0.15) is 0 Å². The van der Waals surface area contributed by atoms with Crippen LogP contribution in [0.15, 0.2) is 4.42 Å². The highest BCUT2D eigenvalue weighted by Crippen LogP contribution is 2.39. The van der Waals surface area contributed by atoms with Crippen LogP contribution in [0, 0.1) is 0 Å². The van der Waals surface area contributed by atoms with Gasteiger partial charge < -0.3 is 9.52 Å². The molecule has 0 saturated heterocycles. The summed E-state index contributed by atoms with van der Waals surface area (Å²) in [4.78, 5) is 10.6. The van der Waals surface area contributed by atoms with Crippen LogP contribution in [0.2, 0.25) is 0 Å². The predicted octanol–water partition coefficient (Wildman–Crippen LogP) is 0.162. The topological polar surface area (TPSA) is 122 Å². The number of carbonyl (C=O) groups is 1. The van der Waals surface area contributed by atoms with Gasteiger partial charge in [-0.05, 0) is 19.8 Å². The van der Waals surface area contributed by atoms with Crippen molar-refractivity contribution < 1.29 is 22.7 Å². The average molecular weight is 261 g/mol. The molecule has 0 radical (unpaired) electrons. The number of aromatic nitrogens is 2. The molecule has 1 aromatic rings. The van der Waals surface area contributed by atoms with Crippen LogP contribution in [0.3, 0.4) is 0 Å². The van der Waals surface area contributed by atoms with E-state index >= 15 is 0 Å². The summed E-state index contributed by atoms with van der Waals surface area (Å²) in [6, 6.07) is -0.292. The summed E-state index contributed by atoms with van der Waals surface area (Å²) in [5.74, 6) is -0.859. The van der Waals surface area contributed by atoms with E-state index in [9.17, 15) is 13.2 Å². The van der Waals surface area contributed by atoms with Crippen molar-refractivity contribution in [1.82, 2.24) is 10.2 Å². The summed E-state index contributed by atoms with van der Waals surface area (Å²) in [6.45, 7) is 1.06. The molecule has 0 aliphatic heterocycles. The highest BCUT2D eigenvalue weighted by molar-refractivity contribution is 7.94. The van der Waals surface area contributed by atoms with Crippen LogP contribution in [-0.4, -0.2) is 34.9 Å². The summed E-state index contributed by atoms with van der Waals surface area (Å²) in [7, 11) is -4.05. The van der Waals surface area contributed by atoms with E-state index in [-0.39, 0.29) is 11.9 Å². The fourth-order valence-electron chi connectivity index (χ4n) is 1.11. The first-order valence-corrected chi connectivity index (χ1v) is 6.52. The highest BCUT2D eigenvalue weighted by Gasteiger charge is 2.32. The second kappa shape index (κ2) is 3.99. The van der Waals surface area contributed by atoms with Crippen molar-refractivity contribution in [3.8, 4) is 0 Å². The predicted molar refractivity (Wildman–Crippen MR) is 55.9 cm³/mol. The largest absolute Gasteiger partial charge is 0.480 e. The molecule has 0 spiro atoms. The van der Waals surface area contributed by atoms with Crippen LogP contribution >= 0.6 is 0 Å². The number of sulfonamides is 1. The van der Waals surface area contributed by atoms with Gasteiger partial charge in [-0.15, -0.1) is 5.10 Å². The summed E-state index contributed by atoms with van der Waals surface area (Å²) >= 11 is 0. The molecule has 1 aliphatic carbocycles. The Balaban J connectivity index is 2.11. The molecule has 1 fully saturated rings. The molecule has 8 nitrogen and oxygen atoms in total. The van der Waals surface area contributed by atoms with E-state index in [1.54, 1.807) is 0 Å². The van der Waals surface area contributed by atoms with Crippen LogP contribution in [0.5, 0.6) is 0 Å². The minimum absolute atomic E-state index is 0.206. The minimum Gasteiger partial charge on any atom is -0.480 e. The van der Waals surface area contributed by atoms with Crippen molar-refractivity contribution in [3.63, 3.8) is 0 Å². The molecule has 1 atom stereocenters. The molecular weight excluding hydrogens is 250 g/mol. The number of nitrogens with zero attached hydrogens (tertiary/aromatic N) is 2. The molecular formula is C8H11N3O5S. The van der Waals surface area contributed by atoms with E-state index in [1.807, 2.05) is 4.72 Å². The van der Waals surface area contributed by atoms with Gasteiger partial charge in [0.05, 0.1) is 0 Å². The van der Waals surface area contributed by atoms with Crippen molar-refractivity contribution >= 4 is 22.0 Å². The molecule has 0 bridgehead atoms. The van der Waals surface area contributed by atoms with Crippen LogP contribution in [-0.2, 0) is 14.8 Å². The van der Waals surface area contributed by atoms with E-state index in [1.165, 1.54) is 0 Å². The summed E-state index contributed by atoms with van der Waals surface area (Å²) in [6.07, 6.45) is 1.89. The van der Waals surface area contributed by atoms with E-state index in [0.29, 0.717) is 5.89 Å². The molecule has 1 unspecified atom stereocenters. The zero-order valence-corrected chi connectivity index (χ0v) is 9.77. The van der Waals surface area contributed by atoms with Gasteiger partial charge in [0.25, 0.3) is 0 Å². The van der Waals surface area contributed by atoms with Gasteiger partial charge in [0, 0.05) is 5.92 Å². The van der Waals surface area contributed by atoms with Gasteiger partial charge in [-0.2, -0.15) is 0 Å². The van der Waals surface area contributed by atoms with Crippen LogP contribution < -0.4 is 4.72 Å². The first-order chi connectivity index (χ1) is 7.90. The highest BCUT2D eigenvalue weighted by atomic mass is 32.2. The van der Waals surface area contributed by atoms with Crippen LogP contribution in [0.25, 0.3) is 0 Å². The Labute approximate surface area is 97.1 Å². The van der Waals surface area contributed by atoms with E-state index in [0.717, 1.165) is 19.8 Å². The van der Waals surface area contributed by atoms with Crippen LogP contribution in [0.1, 0.15) is 31.6 Å². The van der Waals surface area contributed by atoms with Gasteiger partial charge in [0.2, 0.25) is 15.9 Å². The molecule has 9 heteroatoms. The normalized spacial score (nSPS) is 17.7. The monoisotopic (exact) mass is 261 g/mol. The number of aliphatic carboxylic acids is 1. The lowest BCUT2D eigenvalue weighted by molar-refractivity contribution is -0.136. The number of nitrogens with one attached hydrogen (secondary N) is 1. The van der Waals surface area contributed by atoms with Gasteiger partial charge >= 0.3 is 12.0 Å². The van der Waals surface area contributed by atoms with Gasteiger partial charge in [-0.25, -0.2) is 13.1 Å². The second-order valence-electron chi connectivity index (χ2n) is 3.85. The molecule has 1 heterocycles. The second-order valence-corrected chi connectivity index (χ2v) is 5.85. The van der Waals surface area contributed by atoms with Gasteiger partial charge in [0.15, 0.2) is 5.25 Å². The lowest BCUT2D eigenvalue weighted by Gasteiger charge is -2.07. The Morgan fingerprint density at radius 3 is 2.71 bits per heavy atom. The number of anilines is 1. The quantitative estimate of drug-likeness (QED) is 0.773. The molecule has 0 amide bonds. The SMILES string of the molecule is CC(C(=O)O)S(=O)(=O)Nc1nnc(C2CC2)o1. The van der Waals surface area contributed by atoms with Crippen LogP contribution in [0.4, 0.5) is 6.01 Å². The molecule has 94 valence electrons. The molecule has 1 saturated carbocycles. The number of hydrogen-bond donors (Lipinski definition) is 2. The maximum absolute atomic E-state index is 11.5. The van der Waals surface area contributed by atoms with Crippen molar-refractivity contribution in [3.05, 3.63) is 5.89 Å². The molecule has 2 rings (SSSR count). The first-order valence-electron chi connectivity index (χ1n) is 4.98. The summed E-state index contributed by atoms with van der Waals surface area (Å²) in [5.41, 5.74) is 0. The van der Waals surface area contributed by atoms with Gasteiger partial charge in [-0.3, -0.25) is 4.79 Å². The number of hydrogen-bond acceptors (Lipinski definition) is 6. The smallest absolute Gasteiger partial charge is 0.329 e. The maximum Gasteiger partial charge on any atom is 0.329 e. The molecule has 17 heavy (non-hydrogen) atoms. The van der Waals surface area contributed by atoms with E-state index in [4.69, 9.17) is 9.52 Å². The first kappa shape index (κ1) is 11.8. The number of rotatable bonds is 5. The third-order valence-corrected chi connectivity index (χ3v) is 4.00. The Bertz CT molecular complexity index is 533. The Morgan fingerprint density at radius 1 is 1.53 bits per heavy atom. The molecule has 1 aromatic heterocycles. The fraction of sp³-hybridized carbons (Fsp3) is 0.625. The lowest BCUT2D eigenvalue weighted by atomic mass is 10.4. The molecule has 0 aromatic carbocycles. The average Bonchev–Trinajstić information content (AvgIpc) is 2.99. The Morgan fingerprint density at radius 2 is 2.18 bits per heavy atom. The zero-order valence-electron chi connectivity index (χ0n) is 8.95.